The van der Waals surface area contributed by atoms with Gasteiger partial charge in [-0.1, -0.05) is 76.3 Å². The van der Waals surface area contributed by atoms with Crippen molar-refractivity contribution in [1.82, 2.24) is 14.7 Å². The third kappa shape index (κ3) is 7.61. The monoisotopic (exact) mass is 569 g/mol. The highest BCUT2D eigenvalue weighted by Crippen LogP contribution is 2.29. The number of amides is 3. The number of urea groups is 1. The van der Waals surface area contributed by atoms with Gasteiger partial charge in [0.1, 0.15) is 5.82 Å². The number of piperidine rings is 1. The van der Waals surface area contributed by atoms with Crippen molar-refractivity contribution in [2.24, 2.45) is 11.8 Å². The van der Waals surface area contributed by atoms with Crippen LogP contribution in [0.4, 0.5) is 16.3 Å². The molecule has 2 aliphatic rings. The number of nitrogens with one attached hydrogen (secondary N) is 2. The fourth-order valence-corrected chi connectivity index (χ4v) is 6.25. The Kier molecular flexibility index (Phi) is 9.34. The van der Waals surface area contributed by atoms with E-state index in [-0.39, 0.29) is 17.4 Å². The van der Waals surface area contributed by atoms with Gasteiger partial charge in [0.2, 0.25) is 5.91 Å². The Morgan fingerprint density at radius 3 is 2.24 bits per heavy atom. The Labute approximate surface area is 251 Å². The molecule has 1 saturated carbocycles. The molecule has 0 bridgehead atoms. The first-order chi connectivity index (χ1) is 20.2. The second-order valence-electron chi connectivity index (χ2n) is 13.4. The van der Waals surface area contributed by atoms with Crippen LogP contribution < -0.4 is 10.6 Å². The maximum Gasteiger partial charge on any atom is 0.324 e. The van der Waals surface area contributed by atoms with Gasteiger partial charge < -0.3 is 10.2 Å². The molecule has 224 valence electrons. The van der Waals surface area contributed by atoms with Crippen LogP contribution in [-0.2, 0) is 16.6 Å². The van der Waals surface area contributed by atoms with Gasteiger partial charge in [-0.05, 0) is 74.8 Å². The van der Waals surface area contributed by atoms with Crippen LogP contribution in [0.5, 0.6) is 0 Å². The smallest absolute Gasteiger partial charge is 0.324 e. The predicted octanol–water partition coefficient (Wildman–Crippen LogP) is 7.87. The molecule has 42 heavy (non-hydrogen) atoms. The van der Waals surface area contributed by atoms with Gasteiger partial charge >= 0.3 is 6.03 Å². The molecule has 7 heteroatoms. The van der Waals surface area contributed by atoms with Gasteiger partial charge in [0.15, 0.2) is 0 Å². The largest absolute Gasteiger partial charge is 0.342 e. The molecule has 1 aliphatic carbocycles. The van der Waals surface area contributed by atoms with Crippen LogP contribution in [0, 0.1) is 18.8 Å². The molecular formula is C35H47N5O2. The number of nitrogens with zero attached hydrogens (tertiary/aromatic N) is 3. The average molecular weight is 570 g/mol. The van der Waals surface area contributed by atoms with E-state index in [0.717, 1.165) is 62.3 Å². The van der Waals surface area contributed by atoms with Crippen molar-refractivity contribution in [2.75, 3.05) is 23.7 Å². The Morgan fingerprint density at radius 1 is 0.881 bits per heavy atom. The lowest BCUT2D eigenvalue weighted by molar-refractivity contribution is -0.137. The van der Waals surface area contributed by atoms with Crippen LogP contribution in [0.3, 0.4) is 0 Å². The van der Waals surface area contributed by atoms with Gasteiger partial charge in [-0.15, -0.1) is 0 Å². The summed E-state index contributed by atoms with van der Waals surface area (Å²) in [7, 11) is 0. The summed E-state index contributed by atoms with van der Waals surface area (Å²) in [6.07, 6.45) is 10.1. The molecule has 3 amide bonds. The molecule has 0 radical (unpaired) electrons. The number of rotatable bonds is 6. The highest BCUT2D eigenvalue weighted by molar-refractivity contribution is 5.99. The van der Waals surface area contributed by atoms with Crippen molar-refractivity contribution in [3.8, 4) is 5.69 Å². The molecule has 1 aromatic heterocycles. The van der Waals surface area contributed by atoms with Crippen LogP contribution in [0.2, 0.25) is 0 Å². The van der Waals surface area contributed by atoms with E-state index in [0.29, 0.717) is 17.6 Å². The molecule has 7 nitrogen and oxygen atoms in total. The number of carbonyl (C=O) groups is 2. The predicted molar refractivity (Wildman–Crippen MR) is 170 cm³/mol. The molecule has 3 aromatic rings. The highest BCUT2D eigenvalue weighted by atomic mass is 16.2. The molecule has 1 aliphatic heterocycles. The molecule has 2 heterocycles. The summed E-state index contributed by atoms with van der Waals surface area (Å²) >= 11 is 0. The van der Waals surface area contributed by atoms with Crippen LogP contribution >= 0.6 is 0 Å². The topological polar surface area (TPSA) is 79.3 Å². The molecule has 0 unspecified atom stereocenters. The van der Waals surface area contributed by atoms with E-state index >= 15 is 0 Å². The number of anilines is 2. The number of hydrogen-bond donors (Lipinski definition) is 2. The maximum absolute atomic E-state index is 13.1. The van der Waals surface area contributed by atoms with E-state index < -0.39 is 0 Å². The van der Waals surface area contributed by atoms with Crippen molar-refractivity contribution in [2.45, 2.75) is 90.9 Å². The van der Waals surface area contributed by atoms with E-state index in [1.807, 2.05) is 42.5 Å². The first kappa shape index (κ1) is 29.9. The summed E-state index contributed by atoms with van der Waals surface area (Å²) in [5.41, 5.74) is 4.79. The van der Waals surface area contributed by atoms with Crippen LogP contribution in [0.25, 0.3) is 5.69 Å². The van der Waals surface area contributed by atoms with Gasteiger partial charge in [0.25, 0.3) is 0 Å². The Morgan fingerprint density at radius 2 is 1.57 bits per heavy atom. The number of aromatic nitrogens is 2. The van der Waals surface area contributed by atoms with Gasteiger partial charge in [-0.2, -0.15) is 5.10 Å². The van der Waals surface area contributed by atoms with E-state index in [9.17, 15) is 9.59 Å². The summed E-state index contributed by atoms with van der Waals surface area (Å²) in [6, 6.07) is 17.9. The van der Waals surface area contributed by atoms with Crippen molar-refractivity contribution in [3.63, 3.8) is 0 Å². The quantitative estimate of drug-likeness (QED) is 0.297. The zero-order valence-electron chi connectivity index (χ0n) is 25.8. The molecule has 0 spiro atoms. The van der Waals surface area contributed by atoms with Crippen molar-refractivity contribution in [1.29, 1.82) is 0 Å². The lowest BCUT2D eigenvalue weighted by Crippen LogP contribution is -2.42. The lowest BCUT2D eigenvalue weighted by atomic mass is 9.89. The highest BCUT2D eigenvalue weighted by Gasteiger charge is 2.29. The van der Waals surface area contributed by atoms with Crippen LogP contribution in [0.1, 0.15) is 89.0 Å². The first-order valence-electron chi connectivity index (χ1n) is 15.8. The molecule has 1 saturated heterocycles. The van der Waals surface area contributed by atoms with Crippen molar-refractivity contribution in [3.05, 3.63) is 71.4 Å². The summed E-state index contributed by atoms with van der Waals surface area (Å²) in [5, 5.41) is 10.9. The van der Waals surface area contributed by atoms with Gasteiger partial charge in [-0.3, -0.25) is 10.1 Å². The third-order valence-electron chi connectivity index (χ3n) is 8.84. The minimum absolute atomic E-state index is 0.157. The lowest BCUT2D eigenvalue weighted by Gasteiger charge is -2.34. The van der Waals surface area contributed by atoms with Gasteiger partial charge in [-0.25, -0.2) is 9.48 Å². The fourth-order valence-electron chi connectivity index (χ4n) is 6.25. The Balaban J connectivity index is 1.18. The summed E-state index contributed by atoms with van der Waals surface area (Å²) in [4.78, 5) is 28.3. The normalized spacial score (nSPS) is 17.1. The first-order valence-corrected chi connectivity index (χ1v) is 15.8. The van der Waals surface area contributed by atoms with E-state index in [4.69, 9.17) is 5.10 Å². The van der Waals surface area contributed by atoms with Gasteiger partial charge in [0.05, 0.1) is 11.4 Å². The van der Waals surface area contributed by atoms with Crippen LogP contribution in [0.15, 0.2) is 54.6 Å². The fraction of sp³-hybridized carbons (Fsp3) is 0.514. The SMILES string of the molecule is Cc1ccc(-n2nc(C(C)(C)C)cc2NC(=O)Nc2cccc(CC3CCN(C(=O)C4CCCCCC4)CC3)c2)cc1. The minimum Gasteiger partial charge on any atom is -0.342 e. The Hall–Kier alpha value is -3.61. The number of hydrogen-bond acceptors (Lipinski definition) is 3. The summed E-state index contributed by atoms with van der Waals surface area (Å²) < 4.78 is 1.79. The molecular weight excluding hydrogens is 522 g/mol. The molecule has 2 N–H and O–H groups in total. The molecule has 0 atom stereocenters. The summed E-state index contributed by atoms with van der Waals surface area (Å²) in [6.45, 7) is 10.1. The second-order valence-corrected chi connectivity index (χ2v) is 13.4. The Bertz CT molecular complexity index is 1350. The zero-order chi connectivity index (χ0) is 29.7. The number of benzene rings is 2. The standard InChI is InChI=1S/C35H47N5O2/c1-25-14-16-30(17-15-25)40-32(24-31(38-40)35(2,3)4)37-34(42)36-29-13-9-10-27(23-29)22-26-18-20-39(21-19-26)33(41)28-11-7-5-6-8-12-28/h9-10,13-17,23-24,26,28H,5-8,11-12,18-22H2,1-4H3,(H2,36,37,42). The number of likely N-dealkylation sites (tertiary alicyclic amines) is 1. The zero-order valence-corrected chi connectivity index (χ0v) is 25.8. The molecule has 2 fully saturated rings. The summed E-state index contributed by atoms with van der Waals surface area (Å²) in [5.74, 6) is 1.81. The minimum atomic E-state index is -0.300. The number of aryl methyl sites for hydroxylation is 1. The van der Waals surface area contributed by atoms with Crippen LogP contribution in [-0.4, -0.2) is 39.7 Å². The average Bonchev–Trinajstić information content (AvgIpc) is 3.19. The van der Waals surface area contributed by atoms with E-state index in [1.54, 1.807) is 4.68 Å². The van der Waals surface area contributed by atoms with E-state index in [2.05, 4.69) is 55.4 Å². The number of carbonyl (C=O) groups excluding carboxylic acids is 2. The molecule has 2 aromatic carbocycles. The maximum atomic E-state index is 13.1. The second kappa shape index (κ2) is 13.1. The van der Waals surface area contributed by atoms with E-state index in [1.165, 1.54) is 36.8 Å². The van der Waals surface area contributed by atoms with Crippen molar-refractivity contribution < 1.29 is 9.59 Å². The van der Waals surface area contributed by atoms with Gasteiger partial charge in [0, 0.05) is 36.2 Å². The van der Waals surface area contributed by atoms with Crippen molar-refractivity contribution >= 4 is 23.4 Å². The third-order valence-corrected chi connectivity index (χ3v) is 8.84. The molecule has 5 rings (SSSR count).